The summed E-state index contributed by atoms with van der Waals surface area (Å²) in [4.78, 5) is 2.10. The van der Waals surface area contributed by atoms with Crippen LogP contribution < -0.4 is 5.73 Å². The second kappa shape index (κ2) is 6.11. The Bertz CT molecular complexity index is 568. The molecule has 1 aliphatic rings. The van der Waals surface area contributed by atoms with Gasteiger partial charge in [-0.15, -0.1) is 11.3 Å². The van der Waals surface area contributed by atoms with Gasteiger partial charge in [0, 0.05) is 28.9 Å². The van der Waals surface area contributed by atoms with Crippen LogP contribution in [0.15, 0.2) is 11.0 Å². The molecule has 5 nitrogen and oxygen atoms in total. The molecule has 20 heavy (non-hydrogen) atoms. The predicted octanol–water partition coefficient (Wildman–Crippen LogP) is 1.70. The highest BCUT2D eigenvalue weighted by molar-refractivity contribution is 7.89. The molecule has 0 spiro atoms. The Balaban J connectivity index is 2.39. The van der Waals surface area contributed by atoms with Gasteiger partial charge in [0.2, 0.25) is 10.0 Å². The van der Waals surface area contributed by atoms with E-state index in [1.807, 2.05) is 20.8 Å². The summed E-state index contributed by atoms with van der Waals surface area (Å²) < 4.78 is 32.9. The topological polar surface area (TPSA) is 72.6 Å². The molecule has 0 bridgehead atoms. The first-order valence-corrected chi connectivity index (χ1v) is 9.08. The van der Waals surface area contributed by atoms with Gasteiger partial charge >= 0.3 is 0 Å². The number of ether oxygens (including phenoxy) is 1. The van der Waals surface area contributed by atoms with Crippen LogP contribution in [0.1, 0.15) is 30.0 Å². The van der Waals surface area contributed by atoms with Gasteiger partial charge in [0.15, 0.2) is 0 Å². The Morgan fingerprint density at radius 1 is 1.55 bits per heavy atom. The summed E-state index contributed by atoms with van der Waals surface area (Å²) in [5, 5.41) is 0. The van der Waals surface area contributed by atoms with Crippen molar-refractivity contribution >= 4 is 21.4 Å². The van der Waals surface area contributed by atoms with Crippen LogP contribution in [0, 0.1) is 6.92 Å². The lowest BCUT2D eigenvalue weighted by atomic mass is 10.2. The quantitative estimate of drug-likeness (QED) is 0.917. The first-order valence-electron chi connectivity index (χ1n) is 6.83. The Labute approximate surface area is 124 Å². The van der Waals surface area contributed by atoms with Crippen LogP contribution in [0.25, 0.3) is 0 Å². The number of rotatable bonds is 4. The minimum atomic E-state index is -3.47. The summed E-state index contributed by atoms with van der Waals surface area (Å²) in [6, 6.07) is 1.62. The molecule has 0 aromatic carbocycles. The predicted molar refractivity (Wildman–Crippen MR) is 80.3 cm³/mol. The van der Waals surface area contributed by atoms with Gasteiger partial charge in [0.05, 0.1) is 17.6 Å². The standard InChI is InChI=1S/C13H22N2O3S2/c1-4-11-8-18-9(2)7-15(11)20(16,17)13-5-12(6-14)19-10(13)3/h5,9,11H,4,6-8,14H2,1-3H3. The minimum absolute atomic E-state index is 0.0690. The van der Waals surface area contributed by atoms with E-state index in [0.29, 0.717) is 24.6 Å². The van der Waals surface area contributed by atoms with Crippen molar-refractivity contribution in [3.63, 3.8) is 0 Å². The van der Waals surface area contributed by atoms with E-state index in [0.717, 1.165) is 16.2 Å². The van der Waals surface area contributed by atoms with Crippen molar-refractivity contribution in [2.24, 2.45) is 5.73 Å². The normalized spacial score (nSPS) is 25.0. The summed E-state index contributed by atoms with van der Waals surface area (Å²) in [5.41, 5.74) is 5.61. The second-order valence-corrected chi connectivity index (χ2v) is 8.32. The van der Waals surface area contributed by atoms with E-state index in [9.17, 15) is 8.42 Å². The van der Waals surface area contributed by atoms with Crippen molar-refractivity contribution in [1.82, 2.24) is 4.31 Å². The molecular formula is C13H22N2O3S2. The molecule has 1 fully saturated rings. The smallest absolute Gasteiger partial charge is 0.244 e. The summed E-state index contributed by atoms with van der Waals surface area (Å²) in [7, 11) is -3.47. The lowest BCUT2D eigenvalue weighted by Crippen LogP contribution is -2.51. The van der Waals surface area contributed by atoms with E-state index >= 15 is 0 Å². The van der Waals surface area contributed by atoms with Crippen LogP contribution in [0.2, 0.25) is 0 Å². The van der Waals surface area contributed by atoms with Gasteiger partial charge in [-0.2, -0.15) is 4.31 Å². The van der Waals surface area contributed by atoms with Crippen LogP contribution in [0.4, 0.5) is 0 Å². The number of hydrogen-bond donors (Lipinski definition) is 1. The SMILES string of the molecule is CCC1COC(C)CN1S(=O)(=O)c1cc(CN)sc1C. The highest BCUT2D eigenvalue weighted by atomic mass is 32.2. The fourth-order valence-corrected chi connectivity index (χ4v) is 5.68. The summed E-state index contributed by atoms with van der Waals surface area (Å²) in [5.74, 6) is 0. The lowest BCUT2D eigenvalue weighted by molar-refractivity contribution is -0.0230. The van der Waals surface area contributed by atoms with Crippen molar-refractivity contribution in [2.75, 3.05) is 13.2 Å². The molecule has 2 atom stereocenters. The zero-order valence-corrected chi connectivity index (χ0v) is 13.8. The minimum Gasteiger partial charge on any atom is -0.375 e. The zero-order chi connectivity index (χ0) is 14.9. The van der Waals surface area contributed by atoms with E-state index in [1.54, 1.807) is 10.4 Å². The molecule has 2 unspecified atom stereocenters. The van der Waals surface area contributed by atoms with Crippen molar-refractivity contribution < 1.29 is 13.2 Å². The average molecular weight is 318 g/mol. The Morgan fingerprint density at radius 3 is 2.80 bits per heavy atom. The Hall–Kier alpha value is -0.470. The maximum atomic E-state index is 12.9. The van der Waals surface area contributed by atoms with Gasteiger partial charge in [-0.05, 0) is 26.3 Å². The van der Waals surface area contributed by atoms with Crippen LogP contribution in [-0.4, -0.2) is 38.0 Å². The molecule has 0 saturated carbocycles. The number of aryl methyl sites for hydroxylation is 1. The van der Waals surface area contributed by atoms with Crippen molar-refractivity contribution in [3.8, 4) is 0 Å². The van der Waals surface area contributed by atoms with Crippen LogP contribution >= 0.6 is 11.3 Å². The second-order valence-electron chi connectivity index (χ2n) is 5.12. The molecule has 2 rings (SSSR count). The third kappa shape index (κ3) is 2.92. The average Bonchev–Trinajstić information content (AvgIpc) is 2.80. The van der Waals surface area contributed by atoms with Gasteiger partial charge in [-0.1, -0.05) is 6.92 Å². The third-order valence-electron chi connectivity index (χ3n) is 3.60. The highest BCUT2D eigenvalue weighted by Crippen LogP contribution is 2.31. The molecule has 114 valence electrons. The van der Waals surface area contributed by atoms with Gasteiger partial charge in [0.1, 0.15) is 0 Å². The van der Waals surface area contributed by atoms with Gasteiger partial charge in [-0.25, -0.2) is 8.42 Å². The molecule has 0 aliphatic carbocycles. The number of sulfonamides is 1. The number of thiophene rings is 1. The molecule has 7 heteroatoms. The molecule has 0 radical (unpaired) electrons. The van der Waals surface area contributed by atoms with E-state index in [-0.39, 0.29) is 12.1 Å². The summed E-state index contributed by atoms with van der Waals surface area (Å²) in [6.07, 6.45) is 0.680. The lowest BCUT2D eigenvalue weighted by Gasteiger charge is -2.37. The van der Waals surface area contributed by atoms with Gasteiger partial charge < -0.3 is 10.5 Å². The fraction of sp³-hybridized carbons (Fsp3) is 0.692. The number of nitrogens with zero attached hydrogens (tertiary/aromatic N) is 1. The molecule has 2 heterocycles. The van der Waals surface area contributed by atoms with E-state index < -0.39 is 10.0 Å². The van der Waals surface area contributed by atoms with E-state index in [1.165, 1.54) is 11.3 Å². The van der Waals surface area contributed by atoms with E-state index in [2.05, 4.69) is 0 Å². The maximum absolute atomic E-state index is 12.9. The summed E-state index contributed by atoms with van der Waals surface area (Å²) in [6.45, 7) is 6.97. The van der Waals surface area contributed by atoms with Crippen LogP contribution in [-0.2, 0) is 21.3 Å². The Kier molecular flexibility index (Phi) is 4.86. The van der Waals surface area contributed by atoms with Gasteiger partial charge in [-0.3, -0.25) is 0 Å². The fourth-order valence-electron chi connectivity index (χ4n) is 2.44. The highest BCUT2D eigenvalue weighted by Gasteiger charge is 2.36. The van der Waals surface area contributed by atoms with Crippen molar-refractivity contribution in [3.05, 3.63) is 15.8 Å². The third-order valence-corrected chi connectivity index (χ3v) is 6.85. The van der Waals surface area contributed by atoms with Crippen LogP contribution in [0.5, 0.6) is 0 Å². The molecule has 1 aliphatic heterocycles. The first kappa shape index (κ1) is 15.9. The largest absolute Gasteiger partial charge is 0.375 e. The molecule has 1 saturated heterocycles. The molecule has 1 aromatic rings. The number of hydrogen-bond acceptors (Lipinski definition) is 5. The van der Waals surface area contributed by atoms with Crippen molar-refractivity contribution in [2.45, 2.75) is 50.8 Å². The van der Waals surface area contributed by atoms with Crippen molar-refractivity contribution in [1.29, 1.82) is 0 Å². The molecule has 1 aromatic heterocycles. The molecular weight excluding hydrogens is 296 g/mol. The maximum Gasteiger partial charge on any atom is 0.244 e. The van der Waals surface area contributed by atoms with Crippen LogP contribution in [0.3, 0.4) is 0 Å². The molecule has 0 amide bonds. The number of morpholine rings is 1. The summed E-state index contributed by atoms with van der Waals surface area (Å²) >= 11 is 1.45. The monoisotopic (exact) mass is 318 g/mol. The number of nitrogens with two attached hydrogens (primary N) is 1. The first-order chi connectivity index (χ1) is 9.40. The Morgan fingerprint density at radius 2 is 2.25 bits per heavy atom. The zero-order valence-electron chi connectivity index (χ0n) is 12.1. The molecule has 2 N–H and O–H groups in total. The van der Waals surface area contributed by atoms with E-state index in [4.69, 9.17) is 10.5 Å². The van der Waals surface area contributed by atoms with Gasteiger partial charge in [0.25, 0.3) is 0 Å².